The number of rotatable bonds is 6. The Labute approximate surface area is 183 Å². The van der Waals surface area contributed by atoms with Crippen molar-refractivity contribution in [2.75, 3.05) is 0 Å². The van der Waals surface area contributed by atoms with Gasteiger partial charge in [-0.05, 0) is 5.16 Å². The summed E-state index contributed by atoms with van der Waals surface area (Å²) in [5.74, 6) is 0. The van der Waals surface area contributed by atoms with Crippen molar-refractivity contribution in [3.8, 4) is 0 Å². The van der Waals surface area contributed by atoms with Crippen molar-refractivity contribution in [2.45, 2.75) is 25.2 Å². The van der Waals surface area contributed by atoms with Crippen LogP contribution < -0.4 is 20.7 Å². The molecule has 0 radical (unpaired) electrons. The minimum absolute atomic E-state index is 0.569. The van der Waals surface area contributed by atoms with Gasteiger partial charge in [0.1, 0.15) is 16.1 Å². The van der Waals surface area contributed by atoms with Gasteiger partial charge in [-0.1, -0.05) is 162 Å². The molecule has 0 saturated carbocycles. The SMILES string of the molecule is CC([Si](C)(c1ccccc1)c1ccccc1)[Si](C)(c1ccccc1)c1ccccc1. The second-order valence-electron chi connectivity index (χ2n) is 8.59. The summed E-state index contributed by atoms with van der Waals surface area (Å²) in [6.07, 6.45) is 0. The molecule has 0 spiro atoms. The molecule has 4 aromatic rings. The third-order valence-corrected chi connectivity index (χ3v) is 20.3. The first-order chi connectivity index (χ1) is 14.6. The van der Waals surface area contributed by atoms with Gasteiger partial charge in [0.25, 0.3) is 0 Å². The standard InChI is InChI=1S/C28H30Si2/c1-24(29(2,25-16-8-4-9-17-25)26-18-10-5-11-19-26)30(3,27-20-12-6-13-21-27)28-22-14-7-15-23-28/h4-24H,1-3H3. The van der Waals surface area contributed by atoms with Crippen molar-refractivity contribution in [2.24, 2.45) is 0 Å². The lowest BCUT2D eigenvalue weighted by Gasteiger charge is -2.45. The van der Waals surface area contributed by atoms with E-state index in [4.69, 9.17) is 0 Å². The van der Waals surface area contributed by atoms with Crippen LogP contribution in [0.5, 0.6) is 0 Å². The molecule has 0 aliphatic heterocycles. The molecule has 0 bridgehead atoms. The van der Waals surface area contributed by atoms with Crippen LogP contribution in [0.1, 0.15) is 6.92 Å². The van der Waals surface area contributed by atoms with Crippen LogP contribution in [0.3, 0.4) is 0 Å². The highest BCUT2D eigenvalue weighted by Gasteiger charge is 2.49. The maximum atomic E-state index is 2.58. The van der Waals surface area contributed by atoms with E-state index in [2.05, 4.69) is 141 Å². The number of benzene rings is 4. The largest absolute Gasteiger partial charge is 0.116 e. The van der Waals surface area contributed by atoms with E-state index in [1.807, 2.05) is 0 Å². The normalized spacial score (nSPS) is 12.1. The molecule has 0 saturated heterocycles. The van der Waals surface area contributed by atoms with E-state index < -0.39 is 16.1 Å². The van der Waals surface area contributed by atoms with Gasteiger partial charge in [0, 0.05) is 0 Å². The van der Waals surface area contributed by atoms with Crippen LogP contribution >= 0.6 is 0 Å². The molecular formula is C28H30Si2. The average Bonchev–Trinajstić information content (AvgIpc) is 2.84. The Bertz CT molecular complexity index is 893. The van der Waals surface area contributed by atoms with Crippen LogP contribution in [0.4, 0.5) is 0 Å². The quantitative estimate of drug-likeness (QED) is 0.395. The van der Waals surface area contributed by atoms with Crippen LogP contribution in [0.15, 0.2) is 121 Å². The lowest BCUT2D eigenvalue weighted by atomic mass is 10.4. The van der Waals surface area contributed by atoms with Gasteiger partial charge in [-0.3, -0.25) is 0 Å². The van der Waals surface area contributed by atoms with Crippen molar-refractivity contribution in [1.82, 2.24) is 0 Å². The van der Waals surface area contributed by atoms with Gasteiger partial charge < -0.3 is 0 Å². The second kappa shape index (κ2) is 8.59. The van der Waals surface area contributed by atoms with Crippen LogP contribution in [-0.2, 0) is 0 Å². The van der Waals surface area contributed by atoms with Crippen LogP contribution in [0.2, 0.25) is 18.3 Å². The zero-order valence-electron chi connectivity index (χ0n) is 18.1. The molecule has 0 amide bonds. The number of hydrogen-bond donors (Lipinski definition) is 0. The highest BCUT2D eigenvalue weighted by Crippen LogP contribution is 2.31. The summed E-state index contributed by atoms with van der Waals surface area (Å²) in [7, 11) is -4.09. The minimum Gasteiger partial charge on any atom is -0.0661 e. The predicted octanol–water partition coefficient (Wildman–Crippen LogP) is 4.70. The first-order valence-corrected chi connectivity index (χ1v) is 16.0. The summed E-state index contributed by atoms with van der Waals surface area (Å²) in [5.41, 5.74) is 0. The highest BCUT2D eigenvalue weighted by molar-refractivity contribution is 7.18. The lowest BCUT2D eigenvalue weighted by Crippen LogP contribution is -2.71. The summed E-state index contributed by atoms with van der Waals surface area (Å²) in [6, 6.07) is 45.1. The van der Waals surface area contributed by atoms with Crippen LogP contribution in [0.25, 0.3) is 0 Å². The second-order valence-corrected chi connectivity index (χ2v) is 18.0. The molecule has 0 unspecified atom stereocenters. The van der Waals surface area contributed by atoms with E-state index in [1.54, 1.807) is 0 Å². The Morgan fingerprint density at radius 2 is 0.600 bits per heavy atom. The van der Waals surface area contributed by atoms with Crippen molar-refractivity contribution < 1.29 is 0 Å². The Morgan fingerprint density at radius 3 is 0.800 bits per heavy atom. The van der Waals surface area contributed by atoms with Gasteiger partial charge >= 0.3 is 0 Å². The summed E-state index contributed by atoms with van der Waals surface area (Å²) in [4.78, 5) is 0. The molecule has 30 heavy (non-hydrogen) atoms. The first kappa shape index (κ1) is 20.6. The molecule has 0 aliphatic rings. The van der Waals surface area contributed by atoms with E-state index in [9.17, 15) is 0 Å². The zero-order valence-corrected chi connectivity index (χ0v) is 20.1. The van der Waals surface area contributed by atoms with Crippen molar-refractivity contribution in [3.05, 3.63) is 121 Å². The van der Waals surface area contributed by atoms with E-state index in [-0.39, 0.29) is 0 Å². The topological polar surface area (TPSA) is 0 Å². The van der Waals surface area contributed by atoms with Gasteiger partial charge in [0.15, 0.2) is 0 Å². The Hall–Kier alpha value is -2.69. The van der Waals surface area contributed by atoms with Crippen molar-refractivity contribution in [1.29, 1.82) is 0 Å². The molecule has 0 fully saturated rings. The van der Waals surface area contributed by atoms with Gasteiger partial charge in [-0.15, -0.1) is 0 Å². The van der Waals surface area contributed by atoms with Crippen molar-refractivity contribution >= 4 is 36.9 Å². The van der Waals surface area contributed by atoms with Gasteiger partial charge in [0.05, 0.1) is 0 Å². The average molecular weight is 423 g/mol. The third kappa shape index (κ3) is 3.51. The van der Waals surface area contributed by atoms with Gasteiger partial charge in [0.2, 0.25) is 0 Å². The fraction of sp³-hybridized carbons (Fsp3) is 0.143. The van der Waals surface area contributed by atoms with E-state index >= 15 is 0 Å². The molecule has 0 aromatic heterocycles. The van der Waals surface area contributed by atoms with Gasteiger partial charge in [-0.2, -0.15) is 0 Å². The number of hydrogen-bond acceptors (Lipinski definition) is 0. The Morgan fingerprint density at radius 1 is 0.400 bits per heavy atom. The molecule has 0 atom stereocenters. The molecule has 2 heteroatoms. The van der Waals surface area contributed by atoms with Gasteiger partial charge in [-0.25, -0.2) is 0 Å². The molecule has 150 valence electrons. The Kier molecular flexibility index (Phi) is 5.89. The lowest BCUT2D eigenvalue weighted by molar-refractivity contribution is 1.22. The molecule has 0 aliphatic carbocycles. The highest BCUT2D eigenvalue weighted by atomic mass is 28.4. The summed E-state index contributed by atoms with van der Waals surface area (Å²) in [6.45, 7) is 7.71. The molecule has 0 heterocycles. The van der Waals surface area contributed by atoms with Crippen LogP contribution in [0, 0.1) is 0 Å². The molecule has 0 nitrogen and oxygen atoms in total. The summed E-state index contributed by atoms with van der Waals surface area (Å²) in [5, 5.41) is 6.66. The van der Waals surface area contributed by atoms with Crippen molar-refractivity contribution in [3.63, 3.8) is 0 Å². The van der Waals surface area contributed by atoms with Crippen LogP contribution in [-0.4, -0.2) is 16.1 Å². The molecular weight excluding hydrogens is 392 g/mol. The van der Waals surface area contributed by atoms with E-state index in [0.29, 0.717) is 5.16 Å². The summed E-state index contributed by atoms with van der Waals surface area (Å²) < 4.78 is 0. The Balaban J connectivity index is 1.98. The molecule has 0 N–H and O–H groups in total. The summed E-state index contributed by atoms with van der Waals surface area (Å²) >= 11 is 0. The smallest absolute Gasteiger partial charge is 0.0661 e. The maximum Gasteiger partial charge on any atom is 0.116 e. The van der Waals surface area contributed by atoms with E-state index in [0.717, 1.165) is 0 Å². The monoisotopic (exact) mass is 422 g/mol. The minimum atomic E-state index is -2.04. The predicted molar refractivity (Wildman–Crippen MR) is 137 cm³/mol. The third-order valence-electron chi connectivity index (χ3n) is 7.23. The van der Waals surface area contributed by atoms with E-state index in [1.165, 1.54) is 20.7 Å². The first-order valence-electron chi connectivity index (χ1n) is 10.8. The fourth-order valence-electron chi connectivity index (χ4n) is 5.05. The fourth-order valence-corrected chi connectivity index (χ4v) is 17.9. The molecule has 4 aromatic carbocycles. The molecule has 4 rings (SSSR count). The maximum absolute atomic E-state index is 2.58. The zero-order chi connectivity index (χ0) is 21.0.